The topological polar surface area (TPSA) is 35.5 Å². The Labute approximate surface area is 94.1 Å². The molecule has 1 aromatic rings. The first-order valence-electron chi connectivity index (χ1n) is 4.40. The third-order valence-electron chi connectivity index (χ3n) is 1.55. The number of esters is 1. The minimum absolute atomic E-state index is 0.0542. The third kappa shape index (κ3) is 4.08. The lowest BCUT2D eigenvalue weighted by Crippen LogP contribution is -2.20. The van der Waals surface area contributed by atoms with Crippen molar-refractivity contribution >= 4 is 18.6 Å². The molecule has 1 unspecified atom stereocenters. The van der Waals surface area contributed by atoms with Crippen LogP contribution in [0.4, 0.5) is 0 Å². The molecule has 0 aliphatic rings. The van der Waals surface area contributed by atoms with Crippen molar-refractivity contribution in [3.8, 4) is 5.75 Å². The molecule has 0 radical (unpaired) electrons. The average Bonchev–Trinajstić information content (AvgIpc) is 2.18. The first-order chi connectivity index (χ1) is 7.09. The molecule has 0 aliphatic carbocycles. The summed E-state index contributed by atoms with van der Waals surface area (Å²) >= 11 is 3.77. The highest BCUT2D eigenvalue weighted by atomic mass is 32.1. The summed E-state index contributed by atoms with van der Waals surface area (Å²) in [5, 5.41) is 0. The van der Waals surface area contributed by atoms with Crippen LogP contribution in [0.25, 0.3) is 0 Å². The summed E-state index contributed by atoms with van der Waals surface area (Å²) in [5.74, 6) is 0.0596. The van der Waals surface area contributed by atoms with E-state index < -0.39 is 12.3 Å². The van der Waals surface area contributed by atoms with E-state index in [0.29, 0.717) is 5.75 Å². The number of ether oxygens (including phenoxy) is 2. The molecule has 0 aliphatic heterocycles. The first-order valence-corrected chi connectivity index (χ1v) is 4.85. The van der Waals surface area contributed by atoms with E-state index in [1.807, 2.05) is 18.2 Å². The molecule has 1 atom stereocenters. The second-order valence-corrected chi connectivity index (χ2v) is 3.39. The fraction of sp³-hybridized carbons (Fsp3) is 0.182. The van der Waals surface area contributed by atoms with Crippen LogP contribution in [-0.4, -0.2) is 12.3 Å². The fourth-order valence-electron chi connectivity index (χ4n) is 0.934. The number of benzene rings is 1. The van der Waals surface area contributed by atoms with Gasteiger partial charge in [-0.3, -0.25) is 0 Å². The molecule has 4 heteroatoms. The lowest BCUT2D eigenvalue weighted by molar-refractivity contribution is -0.155. The van der Waals surface area contributed by atoms with Crippen molar-refractivity contribution < 1.29 is 14.3 Å². The molecular weight excluding hydrogens is 212 g/mol. The Bertz CT molecular complexity index is 348. The van der Waals surface area contributed by atoms with Gasteiger partial charge in [-0.25, -0.2) is 4.79 Å². The molecule has 0 saturated heterocycles. The van der Waals surface area contributed by atoms with E-state index in [4.69, 9.17) is 9.47 Å². The molecular formula is C11H12O3S. The van der Waals surface area contributed by atoms with Gasteiger partial charge in [0.2, 0.25) is 6.29 Å². The Morgan fingerprint density at radius 3 is 2.53 bits per heavy atom. The number of hydrogen-bond donors (Lipinski definition) is 1. The van der Waals surface area contributed by atoms with E-state index in [-0.39, 0.29) is 4.91 Å². The molecule has 0 saturated carbocycles. The van der Waals surface area contributed by atoms with Gasteiger partial charge in [0, 0.05) is 6.92 Å². The second kappa shape index (κ2) is 5.46. The van der Waals surface area contributed by atoms with Crippen molar-refractivity contribution in [1.29, 1.82) is 0 Å². The summed E-state index contributed by atoms with van der Waals surface area (Å²) in [6, 6.07) is 9.10. The van der Waals surface area contributed by atoms with Crippen LogP contribution in [0.3, 0.4) is 0 Å². The van der Waals surface area contributed by atoms with Crippen LogP contribution in [0, 0.1) is 0 Å². The molecule has 1 aromatic carbocycles. The lowest BCUT2D eigenvalue weighted by atomic mass is 10.3. The maximum absolute atomic E-state index is 11.1. The minimum atomic E-state index is -0.663. The number of para-hydroxylation sites is 1. The van der Waals surface area contributed by atoms with E-state index in [1.165, 1.54) is 0 Å². The highest BCUT2D eigenvalue weighted by Crippen LogP contribution is 2.12. The SMILES string of the molecule is C=C(S)C(=O)OC(C)Oc1ccccc1. The number of rotatable bonds is 4. The number of hydrogen-bond acceptors (Lipinski definition) is 4. The standard InChI is InChI=1S/C11H12O3S/c1-8(15)11(12)14-9(2)13-10-6-4-3-5-7-10/h3-7,9,15H,1H2,2H3. The van der Waals surface area contributed by atoms with Gasteiger partial charge in [-0.15, -0.1) is 12.6 Å². The van der Waals surface area contributed by atoms with Gasteiger partial charge in [0.15, 0.2) is 0 Å². The Morgan fingerprint density at radius 2 is 2.00 bits per heavy atom. The highest BCUT2D eigenvalue weighted by molar-refractivity contribution is 7.85. The fourth-order valence-corrected chi connectivity index (χ4v) is 0.986. The molecule has 0 heterocycles. The molecule has 1 rings (SSSR count). The van der Waals surface area contributed by atoms with Crippen LogP contribution in [0.1, 0.15) is 6.92 Å². The van der Waals surface area contributed by atoms with Crippen molar-refractivity contribution in [3.05, 3.63) is 41.8 Å². The van der Waals surface area contributed by atoms with Crippen LogP contribution in [0.5, 0.6) is 5.75 Å². The smallest absolute Gasteiger partial charge is 0.346 e. The summed E-state index contributed by atoms with van der Waals surface area (Å²) in [7, 11) is 0. The van der Waals surface area contributed by atoms with E-state index in [2.05, 4.69) is 19.2 Å². The van der Waals surface area contributed by atoms with Gasteiger partial charge in [-0.2, -0.15) is 0 Å². The van der Waals surface area contributed by atoms with Gasteiger partial charge in [0.05, 0.1) is 4.91 Å². The van der Waals surface area contributed by atoms with Gasteiger partial charge in [-0.1, -0.05) is 24.8 Å². The summed E-state index contributed by atoms with van der Waals surface area (Å²) in [5.41, 5.74) is 0. The zero-order valence-electron chi connectivity index (χ0n) is 8.34. The van der Waals surface area contributed by atoms with E-state index in [1.54, 1.807) is 19.1 Å². The predicted octanol–water partition coefficient (Wildman–Crippen LogP) is 2.40. The quantitative estimate of drug-likeness (QED) is 0.369. The molecule has 15 heavy (non-hydrogen) atoms. The zero-order valence-corrected chi connectivity index (χ0v) is 9.24. The molecule has 0 N–H and O–H groups in total. The van der Waals surface area contributed by atoms with Gasteiger partial charge < -0.3 is 9.47 Å². The maximum Gasteiger partial charge on any atom is 0.346 e. The zero-order chi connectivity index (χ0) is 11.3. The van der Waals surface area contributed by atoms with E-state index in [9.17, 15) is 4.79 Å². The molecule has 0 spiro atoms. The van der Waals surface area contributed by atoms with Gasteiger partial charge >= 0.3 is 5.97 Å². The van der Waals surface area contributed by atoms with E-state index in [0.717, 1.165) is 0 Å². The maximum atomic E-state index is 11.1. The molecule has 80 valence electrons. The summed E-state index contributed by atoms with van der Waals surface area (Å²) < 4.78 is 10.2. The summed E-state index contributed by atoms with van der Waals surface area (Å²) in [6.45, 7) is 4.98. The second-order valence-electron chi connectivity index (χ2n) is 2.85. The molecule has 0 amide bonds. The van der Waals surface area contributed by atoms with Crippen molar-refractivity contribution in [2.45, 2.75) is 13.2 Å². The third-order valence-corrected chi connectivity index (χ3v) is 1.74. The Kier molecular flexibility index (Phi) is 4.24. The van der Waals surface area contributed by atoms with Crippen molar-refractivity contribution in [2.75, 3.05) is 0 Å². The molecule has 0 fully saturated rings. The number of carbonyl (C=O) groups is 1. The predicted molar refractivity (Wildman–Crippen MR) is 60.8 cm³/mol. The molecule has 3 nitrogen and oxygen atoms in total. The van der Waals surface area contributed by atoms with Crippen LogP contribution >= 0.6 is 12.6 Å². The Hall–Kier alpha value is -1.42. The minimum Gasteiger partial charge on any atom is -0.455 e. The van der Waals surface area contributed by atoms with Crippen LogP contribution in [0.2, 0.25) is 0 Å². The van der Waals surface area contributed by atoms with Crippen molar-refractivity contribution in [2.24, 2.45) is 0 Å². The van der Waals surface area contributed by atoms with Crippen LogP contribution < -0.4 is 4.74 Å². The molecule has 0 bridgehead atoms. The number of thiol groups is 1. The van der Waals surface area contributed by atoms with Gasteiger partial charge in [-0.05, 0) is 12.1 Å². The van der Waals surface area contributed by atoms with E-state index >= 15 is 0 Å². The molecule has 0 aromatic heterocycles. The van der Waals surface area contributed by atoms with Crippen molar-refractivity contribution in [3.63, 3.8) is 0 Å². The van der Waals surface area contributed by atoms with Crippen LogP contribution in [-0.2, 0) is 9.53 Å². The Balaban J connectivity index is 2.46. The normalized spacial score (nSPS) is 11.6. The summed E-state index contributed by atoms with van der Waals surface area (Å²) in [4.78, 5) is 11.1. The van der Waals surface area contributed by atoms with Crippen molar-refractivity contribution in [1.82, 2.24) is 0 Å². The largest absolute Gasteiger partial charge is 0.455 e. The average molecular weight is 224 g/mol. The summed E-state index contributed by atoms with van der Waals surface area (Å²) in [6.07, 6.45) is -0.663. The monoisotopic (exact) mass is 224 g/mol. The lowest BCUT2D eigenvalue weighted by Gasteiger charge is -2.14. The Morgan fingerprint density at radius 1 is 1.40 bits per heavy atom. The van der Waals surface area contributed by atoms with Gasteiger partial charge in [0.25, 0.3) is 0 Å². The highest BCUT2D eigenvalue weighted by Gasteiger charge is 2.11. The number of carbonyl (C=O) groups excluding carboxylic acids is 1. The first kappa shape index (κ1) is 11.7. The van der Waals surface area contributed by atoms with Crippen LogP contribution in [0.15, 0.2) is 41.8 Å². The van der Waals surface area contributed by atoms with Gasteiger partial charge in [0.1, 0.15) is 5.75 Å².